The summed E-state index contributed by atoms with van der Waals surface area (Å²) < 4.78 is 5.44. The Morgan fingerprint density at radius 3 is 2.50 bits per heavy atom. The second kappa shape index (κ2) is 7.40. The molecule has 1 heterocycles. The average Bonchev–Trinajstić information content (AvgIpc) is 3.19. The van der Waals surface area contributed by atoms with Gasteiger partial charge in [-0.05, 0) is 28.3 Å². The van der Waals surface area contributed by atoms with Gasteiger partial charge < -0.3 is 10.1 Å². The Balaban J connectivity index is 1.55. The van der Waals surface area contributed by atoms with Gasteiger partial charge in [-0.1, -0.05) is 36.4 Å². The van der Waals surface area contributed by atoms with E-state index in [0.29, 0.717) is 6.61 Å². The Bertz CT molecular complexity index is 978. The van der Waals surface area contributed by atoms with Crippen molar-refractivity contribution in [2.45, 2.75) is 12.3 Å². The van der Waals surface area contributed by atoms with Crippen molar-refractivity contribution in [2.75, 3.05) is 25.6 Å². The van der Waals surface area contributed by atoms with Crippen LogP contribution in [0, 0.1) is 0 Å². The van der Waals surface area contributed by atoms with E-state index in [-0.39, 0.29) is 36.6 Å². The number of rotatable bonds is 6. The molecule has 1 aliphatic heterocycles. The first kappa shape index (κ1) is 18.1. The van der Waals surface area contributed by atoms with Crippen LogP contribution in [0.25, 0.3) is 11.1 Å². The first-order valence-electron chi connectivity index (χ1n) is 9.14. The minimum absolute atomic E-state index is 0.0404. The Morgan fingerprint density at radius 2 is 1.75 bits per heavy atom. The van der Waals surface area contributed by atoms with E-state index in [0.717, 1.165) is 27.3 Å². The molecule has 1 aliphatic carbocycles. The summed E-state index contributed by atoms with van der Waals surface area (Å²) >= 11 is 0. The maximum Gasteiger partial charge on any atom is 0.253 e. The second-order valence-corrected chi connectivity index (χ2v) is 6.82. The summed E-state index contributed by atoms with van der Waals surface area (Å²) in [6.45, 7) is 0.576. The Kier molecular flexibility index (Phi) is 4.79. The average molecular weight is 376 g/mol. The fraction of sp³-hybridized carbons (Fsp3) is 0.227. The fourth-order valence-electron chi connectivity index (χ4n) is 3.90. The molecule has 28 heavy (non-hydrogen) atoms. The molecule has 2 aliphatic rings. The zero-order valence-corrected chi connectivity index (χ0v) is 15.5. The standard InChI is InChI=1S/C22H20N2O4/c1-28-13-17-15-6-3-2-5-14(15)16-7-4-8-18(22(16)17)23-19(25)11-12-24-20(26)9-10-21(24)27/h2-10,17H,11-13H2,1H3,(H,23,25). The second-order valence-electron chi connectivity index (χ2n) is 6.82. The highest BCUT2D eigenvalue weighted by atomic mass is 16.5. The van der Waals surface area contributed by atoms with Gasteiger partial charge in [-0.25, -0.2) is 0 Å². The number of fused-ring (bicyclic) bond motifs is 3. The highest BCUT2D eigenvalue weighted by molar-refractivity contribution is 6.13. The highest BCUT2D eigenvalue weighted by Crippen LogP contribution is 2.47. The molecular formula is C22H20N2O4. The molecule has 1 atom stereocenters. The first-order valence-corrected chi connectivity index (χ1v) is 9.14. The van der Waals surface area contributed by atoms with E-state index >= 15 is 0 Å². The van der Waals surface area contributed by atoms with E-state index in [9.17, 15) is 14.4 Å². The number of benzene rings is 2. The number of nitrogens with one attached hydrogen (secondary N) is 1. The van der Waals surface area contributed by atoms with Gasteiger partial charge in [0, 0.05) is 43.8 Å². The van der Waals surface area contributed by atoms with Crippen LogP contribution in [0.4, 0.5) is 5.69 Å². The summed E-state index contributed by atoms with van der Waals surface area (Å²) in [5.74, 6) is -0.963. The van der Waals surface area contributed by atoms with Crippen LogP contribution in [0.1, 0.15) is 23.5 Å². The molecule has 0 spiro atoms. The first-order chi connectivity index (χ1) is 13.6. The molecule has 4 rings (SSSR count). The lowest BCUT2D eigenvalue weighted by molar-refractivity contribution is -0.137. The van der Waals surface area contributed by atoms with Gasteiger partial charge in [0.15, 0.2) is 0 Å². The van der Waals surface area contributed by atoms with Crippen molar-refractivity contribution in [1.29, 1.82) is 0 Å². The third-order valence-corrected chi connectivity index (χ3v) is 5.15. The van der Waals surface area contributed by atoms with Crippen LogP contribution in [-0.4, -0.2) is 42.9 Å². The molecule has 1 unspecified atom stereocenters. The fourth-order valence-corrected chi connectivity index (χ4v) is 3.90. The number of carbonyl (C=O) groups is 3. The van der Waals surface area contributed by atoms with E-state index in [1.807, 2.05) is 30.3 Å². The maximum absolute atomic E-state index is 12.5. The lowest BCUT2D eigenvalue weighted by Gasteiger charge is -2.18. The molecule has 142 valence electrons. The molecule has 1 N–H and O–H groups in total. The van der Waals surface area contributed by atoms with Crippen LogP contribution in [0.15, 0.2) is 54.6 Å². The van der Waals surface area contributed by atoms with Crippen molar-refractivity contribution in [3.05, 3.63) is 65.7 Å². The summed E-state index contributed by atoms with van der Waals surface area (Å²) in [5.41, 5.74) is 5.19. The summed E-state index contributed by atoms with van der Waals surface area (Å²) in [7, 11) is 1.67. The van der Waals surface area contributed by atoms with Crippen LogP contribution in [0.5, 0.6) is 0 Å². The van der Waals surface area contributed by atoms with Gasteiger partial charge in [0.1, 0.15) is 0 Å². The van der Waals surface area contributed by atoms with Crippen LogP contribution >= 0.6 is 0 Å². The third kappa shape index (κ3) is 3.12. The molecule has 0 aromatic heterocycles. The van der Waals surface area contributed by atoms with Gasteiger partial charge in [0.2, 0.25) is 5.91 Å². The Hall–Kier alpha value is -3.25. The lowest BCUT2D eigenvalue weighted by Crippen LogP contribution is -2.33. The molecule has 0 radical (unpaired) electrons. The number of nitrogens with zero attached hydrogens (tertiary/aromatic N) is 1. The number of anilines is 1. The minimum Gasteiger partial charge on any atom is -0.384 e. The van der Waals surface area contributed by atoms with Crippen molar-refractivity contribution in [1.82, 2.24) is 4.90 Å². The van der Waals surface area contributed by atoms with Gasteiger partial charge >= 0.3 is 0 Å². The molecule has 0 bridgehead atoms. The predicted molar refractivity (Wildman–Crippen MR) is 105 cm³/mol. The van der Waals surface area contributed by atoms with E-state index in [2.05, 4.69) is 17.4 Å². The number of methoxy groups -OCH3 is 1. The molecule has 0 saturated heterocycles. The summed E-state index contributed by atoms with van der Waals surface area (Å²) in [5, 5.41) is 2.95. The van der Waals surface area contributed by atoms with Gasteiger partial charge in [0.25, 0.3) is 11.8 Å². The molecular weight excluding hydrogens is 356 g/mol. The normalized spacial score (nSPS) is 17.0. The molecule has 3 amide bonds. The molecule has 6 heteroatoms. The molecule has 0 fully saturated rings. The van der Waals surface area contributed by atoms with E-state index in [1.54, 1.807) is 7.11 Å². The summed E-state index contributed by atoms with van der Waals surface area (Å²) in [6, 6.07) is 14.0. The summed E-state index contributed by atoms with van der Waals surface area (Å²) in [6.07, 6.45) is 2.48. The van der Waals surface area contributed by atoms with Crippen molar-refractivity contribution < 1.29 is 19.1 Å². The molecule has 2 aromatic rings. The minimum atomic E-state index is -0.381. The topological polar surface area (TPSA) is 75.7 Å². The maximum atomic E-state index is 12.5. The van der Waals surface area contributed by atoms with Crippen LogP contribution in [0.3, 0.4) is 0 Å². The smallest absolute Gasteiger partial charge is 0.253 e. The van der Waals surface area contributed by atoms with Crippen LogP contribution in [-0.2, 0) is 19.1 Å². The van der Waals surface area contributed by atoms with Gasteiger partial charge in [-0.3, -0.25) is 19.3 Å². The number of imide groups is 1. The third-order valence-electron chi connectivity index (χ3n) is 5.15. The van der Waals surface area contributed by atoms with Crippen LogP contribution in [0.2, 0.25) is 0 Å². The zero-order valence-electron chi connectivity index (χ0n) is 15.5. The molecule has 6 nitrogen and oxygen atoms in total. The van der Waals surface area contributed by atoms with Crippen molar-refractivity contribution in [3.8, 4) is 11.1 Å². The highest BCUT2D eigenvalue weighted by Gasteiger charge is 2.31. The summed E-state index contributed by atoms with van der Waals surface area (Å²) in [4.78, 5) is 36.8. The SMILES string of the molecule is COCC1c2ccccc2-c2cccc(NC(=O)CCN3C(=O)C=CC3=O)c21. The van der Waals surface area contributed by atoms with Gasteiger partial charge in [0.05, 0.1) is 6.61 Å². The van der Waals surface area contributed by atoms with Crippen molar-refractivity contribution >= 4 is 23.4 Å². The quantitative estimate of drug-likeness (QED) is 0.787. The van der Waals surface area contributed by atoms with Crippen molar-refractivity contribution in [2.24, 2.45) is 0 Å². The van der Waals surface area contributed by atoms with Crippen LogP contribution < -0.4 is 5.32 Å². The van der Waals surface area contributed by atoms with E-state index in [4.69, 9.17) is 4.74 Å². The Labute approximate surface area is 162 Å². The van der Waals surface area contributed by atoms with Gasteiger partial charge in [-0.2, -0.15) is 0 Å². The number of ether oxygens (including phenoxy) is 1. The largest absolute Gasteiger partial charge is 0.384 e. The van der Waals surface area contributed by atoms with E-state index < -0.39 is 0 Å². The zero-order chi connectivity index (χ0) is 19.7. The Morgan fingerprint density at radius 1 is 1.04 bits per heavy atom. The number of hydrogen-bond acceptors (Lipinski definition) is 4. The monoisotopic (exact) mass is 376 g/mol. The van der Waals surface area contributed by atoms with E-state index in [1.165, 1.54) is 17.7 Å². The number of carbonyl (C=O) groups excluding carboxylic acids is 3. The molecule has 2 aromatic carbocycles. The van der Waals surface area contributed by atoms with Crippen molar-refractivity contribution in [3.63, 3.8) is 0 Å². The lowest BCUT2D eigenvalue weighted by atomic mass is 9.96. The predicted octanol–water partition coefficient (Wildman–Crippen LogP) is 2.70. The molecule has 0 saturated carbocycles. The van der Waals surface area contributed by atoms with Gasteiger partial charge in [-0.15, -0.1) is 0 Å². The number of amides is 3. The number of hydrogen-bond donors (Lipinski definition) is 1.